The second-order valence-corrected chi connectivity index (χ2v) is 11.7. The maximum Gasteiger partial charge on any atom is 0.302 e. The molecule has 12 heteroatoms. The number of aryl methyl sites for hydroxylation is 2. The Kier molecular flexibility index (Phi) is 9.51. The van der Waals surface area contributed by atoms with E-state index in [0.29, 0.717) is 35.6 Å². The lowest BCUT2D eigenvalue weighted by Crippen LogP contribution is -2.29. The van der Waals surface area contributed by atoms with Crippen molar-refractivity contribution in [3.05, 3.63) is 87.3 Å². The second kappa shape index (κ2) is 13.1. The fraction of sp³-hybridized carbons (Fsp3) is 0.375. The number of carbonyl (C=O) groups is 2. The van der Waals surface area contributed by atoms with E-state index in [-0.39, 0.29) is 35.0 Å². The van der Waals surface area contributed by atoms with Gasteiger partial charge in [0.2, 0.25) is 6.41 Å². The number of pyridine rings is 2. The van der Waals surface area contributed by atoms with Crippen LogP contribution in [-0.2, 0) is 52.1 Å². The summed E-state index contributed by atoms with van der Waals surface area (Å²) in [6.07, 6.45) is 8.93. The predicted octanol–water partition coefficient (Wildman–Crippen LogP) is 3.07. The Morgan fingerprint density at radius 2 is 1.98 bits per heavy atom. The number of nitrogens with two attached hydrogens (primary N) is 2. The summed E-state index contributed by atoms with van der Waals surface area (Å²) in [7, 11) is 3.04. The maximum atomic E-state index is 13.0. The molecule has 5 N–H and O–H groups in total. The summed E-state index contributed by atoms with van der Waals surface area (Å²) in [6.45, 7) is 8.74. The van der Waals surface area contributed by atoms with Crippen molar-refractivity contribution in [1.82, 2.24) is 14.1 Å². The molecular formula is C32H41N7O5. The SMILES string of the molecule is CO/C(N)=C/C=C(\N)Nc1cc(-c2ccnc(N(C=O)CCn3c(C)cc4c3CC(C)(C)C4)c2COC(C)=O)cn(C)c1=O. The second-order valence-electron chi connectivity index (χ2n) is 11.7. The Morgan fingerprint density at radius 1 is 1.23 bits per heavy atom. The summed E-state index contributed by atoms with van der Waals surface area (Å²) in [5.41, 5.74) is 17.4. The molecule has 12 nitrogen and oxygen atoms in total. The first kappa shape index (κ1) is 31.9. The quantitative estimate of drug-likeness (QED) is 0.122. The van der Waals surface area contributed by atoms with Crippen LogP contribution in [0.1, 0.15) is 43.3 Å². The van der Waals surface area contributed by atoms with Gasteiger partial charge in [-0.1, -0.05) is 13.8 Å². The molecule has 1 amide bonds. The number of nitrogens with zero attached hydrogens (tertiary/aromatic N) is 4. The highest BCUT2D eigenvalue weighted by atomic mass is 16.5. The molecule has 0 saturated heterocycles. The van der Waals surface area contributed by atoms with Crippen molar-refractivity contribution >= 4 is 23.9 Å². The molecule has 0 aromatic carbocycles. The van der Waals surface area contributed by atoms with Gasteiger partial charge in [0.1, 0.15) is 23.9 Å². The highest BCUT2D eigenvalue weighted by Crippen LogP contribution is 2.38. The monoisotopic (exact) mass is 603 g/mol. The Hall–Kier alpha value is -5.00. The van der Waals surface area contributed by atoms with E-state index in [2.05, 4.69) is 41.7 Å². The van der Waals surface area contributed by atoms with Crippen LogP contribution in [0.2, 0.25) is 0 Å². The molecule has 0 saturated carbocycles. The first-order chi connectivity index (χ1) is 20.8. The van der Waals surface area contributed by atoms with Crippen LogP contribution in [-0.4, -0.2) is 40.2 Å². The molecule has 0 bridgehead atoms. The zero-order valence-electron chi connectivity index (χ0n) is 26.1. The number of rotatable bonds is 12. The third-order valence-corrected chi connectivity index (χ3v) is 7.67. The summed E-state index contributed by atoms with van der Waals surface area (Å²) in [5, 5.41) is 2.91. The van der Waals surface area contributed by atoms with Crippen LogP contribution in [0.25, 0.3) is 11.1 Å². The van der Waals surface area contributed by atoms with Gasteiger partial charge < -0.3 is 35.4 Å². The molecule has 234 valence electrons. The van der Waals surface area contributed by atoms with E-state index in [4.69, 9.17) is 20.9 Å². The number of carbonyl (C=O) groups excluding carboxylic acids is 2. The lowest BCUT2D eigenvalue weighted by molar-refractivity contribution is -0.142. The van der Waals surface area contributed by atoms with Gasteiger partial charge in [-0.15, -0.1) is 0 Å². The largest absolute Gasteiger partial charge is 0.483 e. The van der Waals surface area contributed by atoms with Crippen LogP contribution >= 0.6 is 0 Å². The Bertz CT molecular complexity index is 1680. The molecule has 0 unspecified atom stereocenters. The highest BCUT2D eigenvalue weighted by Gasteiger charge is 2.32. The molecule has 0 aliphatic heterocycles. The standard InChI is InChI=1S/C32H41N7O5/c1-20-13-22-15-32(3,4)16-27(22)39(20)12-11-38(19-40)30-25(18-44-21(2)41)24(9-10-35-30)23-14-26(31(42)37(5)17-23)36-28(33)7-8-29(34)43-6/h7-10,13-14,17,19,36H,11-12,15-16,18,33-34H2,1-6H3/b28-7+,29-8+. The van der Waals surface area contributed by atoms with Crippen LogP contribution in [0.15, 0.2) is 59.2 Å². The first-order valence-electron chi connectivity index (χ1n) is 14.3. The van der Waals surface area contributed by atoms with Gasteiger partial charge in [-0.25, -0.2) is 4.98 Å². The van der Waals surface area contributed by atoms with Crippen molar-refractivity contribution in [1.29, 1.82) is 0 Å². The van der Waals surface area contributed by atoms with Gasteiger partial charge in [-0.2, -0.15) is 0 Å². The van der Waals surface area contributed by atoms with Crippen molar-refractivity contribution in [2.24, 2.45) is 23.9 Å². The van der Waals surface area contributed by atoms with E-state index in [9.17, 15) is 14.4 Å². The van der Waals surface area contributed by atoms with Crippen molar-refractivity contribution < 1.29 is 19.1 Å². The van der Waals surface area contributed by atoms with Gasteiger partial charge in [-0.05, 0) is 60.6 Å². The fourth-order valence-electron chi connectivity index (χ4n) is 5.62. The van der Waals surface area contributed by atoms with Gasteiger partial charge in [0, 0.05) is 68.0 Å². The number of nitrogens with one attached hydrogen (secondary N) is 1. The van der Waals surface area contributed by atoms with E-state index < -0.39 is 5.97 Å². The molecule has 1 aliphatic carbocycles. The van der Waals surface area contributed by atoms with E-state index in [1.54, 1.807) is 31.6 Å². The fourth-order valence-corrected chi connectivity index (χ4v) is 5.62. The molecular weight excluding hydrogens is 562 g/mol. The van der Waals surface area contributed by atoms with Crippen molar-refractivity contribution in [3.63, 3.8) is 0 Å². The number of ether oxygens (including phenoxy) is 2. The average Bonchev–Trinajstić information content (AvgIpc) is 3.42. The molecule has 0 fully saturated rings. The third-order valence-electron chi connectivity index (χ3n) is 7.67. The van der Waals surface area contributed by atoms with Gasteiger partial charge in [0.05, 0.1) is 7.11 Å². The average molecular weight is 604 g/mol. The molecule has 3 aromatic heterocycles. The van der Waals surface area contributed by atoms with Crippen LogP contribution in [0.4, 0.5) is 11.5 Å². The number of hydrogen-bond acceptors (Lipinski definition) is 9. The van der Waals surface area contributed by atoms with Crippen LogP contribution < -0.4 is 27.2 Å². The number of hydrogen-bond donors (Lipinski definition) is 3. The molecule has 1 aliphatic rings. The number of aromatic nitrogens is 3. The molecule has 0 radical (unpaired) electrons. The molecule has 3 heterocycles. The smallest absolute Gasteiger partial charge is 0.302 e. The van der Waals surface area contributed by atoms with E-state index >= 15 is 0 Å². The summed E-state index contributed by atoms with van der Waals surface area (Å²) < 4.78 is 14.0. The molecule has 4 rings (SSSR count). The molecule has 44 heavy (non-hydrogen) atoms. The zero-order chi connectivity index (χ0) is 32.2. The number of allylic oxidation sites excluding steroid dienone is 2. The van der Waals surface area contributed by atoms with Gasteiger partial charge >= 0.3 is 5.97 Å². The van der Waals surface area contributed by atoms with E-state index in [1.807, 2.05) is 0 Å². The van der Waals surface area contributed by atoms with Gasteiger partial charge in [0.15, 0.2) is 5.88 Å². The number of anilines is 2. The van der Waals surface area contributed by atoms with Gasteiger partial charge in [0.25, 0.3) is 5.56 Å². The Balaban J connectivity index is 1.72. The summed E-state index contributed by atoms with van der Waals surface area (Å²) in [4.78, 5) is 43.4. The topological polar surface area (TPSA) is 160 Å². The third kappa shape index (κ3) is 7.13. The minimum atomic E-state index is -0.478. The normalized spacial score (nSPS) is 14.2. The zero-order valence-corrected chi connectivity index (χ0v) is 26.1. The summed E-state index contributed by atoms with van der Waals surface area (Å²) in [6, 6.07) is 5.62. The minimum absolute atomic E-state index is 0.126. The molecule has 0 atom stereocenters. The van der Waals surface area contributed by atoms with Crippen molar-refractivity contribution in [3.8, 4) is 11.1 Å². The van der Waals surface area contributed by atoms with Crippen LogP contribution in [0.5, 0.6) is 0 Å². The Morgan fingerprint density at radius 3 is 2.66 bits per heavy atom. The van der Waals surface area contributed by atoms with Crippen molar-refractivity contribution in [2.75, 3.05) is 23.9 Å². The van der Waals surface area contributed by atoms with E-state index in [1.165, 1.54) is 46.9 Å². The van der Waals surface area contributed by atoms with Crippen LogP contribution in [0.3, 0.4) is 0 Å². The minimum Gasteiger partial charge on any atom is -0.483 e. The van der Waals surface area contributed by atoms with Crippen LogP contribution in [0, 0.1) is 12.3 Å². The first-order valence-corrected chi connectivity index (χ1v) is 14.3. The number of esters is 1. The maximum absolute atomic E-state index is 13.0. The predicted molar refractivity (Wildman–Crippen MR) is 169 cm³/mol. The number of fused-ring (bicyclic) bond motifs is 1. The highest BCUT2D eigenvalue weighted by molar-refractivity contribution is 5.81. The summed E-state index contributed by atoms with van der Waals surface area (Å²) >= 11 is 0. The van der Waals surface area contributed by atoms with Crippen molar-refractivity contribution in [2.45, 2.75) is 53.7 Å². The van der Waals surface area contributed by atoms with Gasteiger partial charge in [-0.3, -0.25) is 19.3 Å². The number of amides is 1. The molecule has 3 aromatic rings. The summed E-state index contributed by atoms with van der Waals surface area (Å²) in [5.74, 6) is 0.199. The van der Waals surface area contributed by atoms with E-state index in [0.717, 1.165) is 24.9 Å². The Labute approximate surface area is 256 Å². The lowest BCUT2D eigenvalue weighted by atomic mass is 9.90. The number of methoxy groups -OCH3 is 1. The molecule has 0 spiro atoms. The lowest BCUT2D eigenvalue weighted by Gasteiger charge is -2.24.